The Morgan fingerprint density at radius 3 is 2.60 bits per heavy atom. The van der Waals surface area contributed by atoms with Crippen LogP contribution in [0.25, 0.3) is 0 Å². The van der Waals surface area contributed by atoms with E-state index in [2.05, 4.69) is 18.4 Å². The van der Waals surface area contributed by atoms with Gasteiger partial charge in [0.25, 0.3) is 5.91 Å². The third-order valence-corrected chi connectivity index (χ3v) is 4.10. The van der Waals surface area contributed by atoms with Crippen LogP contribution in [0.2, 0.25) is 0 Å². The highest BCUT2D eigenvalue weighted by molar-refractivity contribution is 5.96. The van der Waals surface area contributed by atoms with Gasteiger partial charge in [-0.25, -0.2) is 0 Å². The number of rotatable bonds is 3. The Morgan fingerprint density at radius 1 is 1.45 bits per heavy atom. The Bertz CT molecular complexity index is 507. The zero-order valence-electron chi connectivity index (χ0n) is 12.6. The SMILES string of the molecule is Cc1cc(C(=O)N2C[C@H](O)C[C@@H]2CO)c(C)n1C(C)C. The normalized spacial score (nSPS) is 22.9. The molecular weight excluding hydrogens is 256 g/mol. The molecule has 5 heteroatoms. The fraction of sp³-hybridized carbons (Fsp3) is 0.667. The van der Waals surface area contributed by atoms with Gasteiger partial charge in [0, 0.05) is 24.0 Å². The fourth-order valence-electron chi connectivity index (χ4n) is 3.26. The molecule has 1 aromatic heterocycles. The average molecular weight is 280 g/mol. The van der Waals surface area contributed by atoms with E-state index in [4.69, 9.17) is 0 Å². The highest BCUT2D eigenvalue weighted by atomic mass is 16.3. The van der Waals surface area contributed by atoms with Gasteiger partial charge in [0.15, 0.2) is 0 Å². The predicted molar refractivity (Wildman–Crippen MR) is 76.8 cm³/mol. The van der Waals surface area contributed by atoms with Crippen LogP contribution < -0.4 is 0 Å². The Labute approximate surface area is 119 Å². The monoisotopic (exact) mass is 280 g/mol. The molecule has 0 spiro atoms. The summed E-state index contributed by atoms with van der Waals surface area (Å²) in [6.45, 7) is 8.31. The Kier molecular flexibility index (Phi) is 4.20. The molecule has 1 fully saturated rings. The van der Waals surface area contributed by atoms with E-state index in [1.807, 2.05) is 19.9 Å². The summed E-state index contributed by atoms with van der Waals surface area (Å²) >= 11 is 0. The van der Waals surface area contributed by atoms with E-state index >= 15 is 0 Å². The number of nitrogens with zero attached hydrogens (tertiary/aromatic N) is 2. The van der Waals surface area contributed by atoms with Crippen molar-refractivity contribution in [3.63, 3.8) is 0 Å². The largest absolute Gasteiger partial charge is 0.394 e. The molecular formula is C15H24N2O3. The number of aryl methyl sites for hydroxylation is 1. The third kappa shape index (κ3) is 2.47. The van der Waals surface area contributed by atoms with E-state index in [9.17, 15) is 15.0 Å². The first-order valence-electron chi connectivity index (χ1n) is 7.15. The molecule has 20 heavy (non-hydrogen) atoms. The van der Waals surface area contributed by atoms with Crippen LogP contribution in [0.15, 0.2) is 6.07 Å². The summed E-state index contributed by atoms with van der Waals surface area (Å²) in [5.41, 5.74) is 2.67. The van der Waals surface area contributed by atoms with Crippen LogP contribution in [0.5, 0.6) is 0 Å². The van der Waals surface area contributed by atoms with Crippen LogP contribution in [-0.4, -0.2) is 50.9 Å². The van der Waals surface area contributed by atoms with Gasteiger partial charge in [-0.05, 0) is 40.2 Å². The first-order chi connectivity index (χ1) is 9.36. The molecule has 0 unspecified atom stereocenters. The van der Waals surface area contributed by atoms with E-state index in [0.717, 1.165) is 11.4 Å². The van der Waals surface area contributed by atoms with Gasteiger partial charge < -0.3 is 19.7 Å². The van der Waals surface area contributed by atoms with Crippen molar-refractivity contribution in [2.45, 2.75) is 52.3 Å². The molecule has 0 bridgehead atoms. The van der Waals surface area contributed by atoms with Gasteiger partial charge in [-0.3, -0.25) is 4.79 Å². The molecule has 2 rings (SSSR count). The summed E-state index contributed by atoms with van der Waals surface area (Å²) in [7, 11) is 0. The summed E-state index contributed by atoms with van der Waals surface area (Å²) in [6, 6.07) is 1.92. The van der Waals surface area contributed by atoms with E-state index in [-0.39, 0.29) is 18.6 Å². The van der Waals surface area contributed by atoms with Gasteiger partial charge >= 0.3 is 0 Å². The van der Waals surface area contributed by atoms with Crippen LogP contribution in [-0.2, 0) is 0 Å². The number of aliphatic hydroxyl groups is 2. The van der Waals surface area contributed by atoms with Crippen molar-refractivity contribution in [1.29, 1.82) is 0 Å². The molecule has 2 atom stereocenters. The van der Waals surface area contributed by atoms with Crippen LogP contribution in [0.3, 0.4) is 0 Å². The Morgan fingerprint density at radius 2 is 2.10 bits per heavy atom. The van der Waals surface area contributed by atoms with E-state index in [0.29, 0.717) is 24.6 Å². The maximum Gasteiger partial charge on any atom is 0.256 e. The van der Waals surface area contributed by atoms with Crippen molar-refractivity contribution in [2.75, 3.05) is 13.2 Å². The third-order valence-electron chi connectivity index (χ3n) is 4.10. The zero-order valence-corrected chi connectivity index (χ0v) is 12.6. The van der Waals surface area contributed by atoms with Crippen molar-refractivity contribution >= 4 is 5.91 Å². The van der Waals surface area contributed by atoms with E-state index in [1.54, 1.807) is 4.90 Å². The van der Waals surface area contributed by atoms with Crippen LogP contribution in [0.1, 0.15) is 48.1 Å². The molecule has 1 aliphatic rings. The van der Waals surface area contributed by atoms with Gasteiger partial charge in [-0.2, -0.15) is 0 Å². The van der Waals surface area contributed by atoms with Crippen molar-refractivity contribution in [2.24, 2.45) is 0 Å². The van der Waals surface area contributed by atoms with Crippen LogP contribution >= 0.6 is 0 Å². The lowest BCUT2D eigenvalue weighted by atomic mass is 10.2. The second-order valence-corrected chi connectivity index (χ2v) is 5.93. The number of hydrogen-bond acceptors (Lipinski definition) is 3. The maximum atomic E-state index is 12.7. The van der Waals surface area contributed by atoms with E-state index < -0.39 is 6.10 Å². The first kappa shape index (κ1) is 15.1. The average Bonchev–Trinajstić information content (AvgIpc) is 2.88. The summed E-state index contributed by atoms with van der Waals surface area (Å²) in [5.74, 6) is -0.0967. The molecule has 1 amide bonds. The molecule has 112 valence electrons. The zero-order chi connectivity index (χ0) is 15.0. The minimum absolute atomic E-state index is 0.0967. The quantitative estimate of drug-likeness (QED) is 0.876. The summed E-state index contributed by atoms with van der Waals surface area (Å²) < 4.78 is 2.13. The van der Waals surface area contributed by atoms with Crippen molar-refractivity contribution in [3.05, 3.63) is 23.0 Å². The second kappa shape index (κ2) is 5.58. The molecule has 2 N–H and O–H groups in total. The van der Waals surface area contributed by atoms with Crippen LogP contribution in [0.4, 0.5) is 0 Å². The lowest BCUT2D eigenvalue weighted by molar-refractivity contribution is 0.0664. The standard InChI is InChI=1S/C15H24N2O3/c1-9(2)17-10(3)5-14(11(17)4)15(20)16-7-13(19)6-12(16)8-18/h5,9,12-13,18-19H,6-8H2,1-4H3/t12-,13-/m1/s1. The lowest BCUT2D eigenvalue weighted by Crippen LogP contribution is -2.38. The molecule has 5 nitrogen and oxygen atoms in total. The van der Waals surface area contributed by atoms with Crippen molar-refractivity contribution in [1.82, 2.24) is 9.47 Å². The van der Waals surface area contributed by atoms with Gasteiger partial charge in [-0.1, -0.05) is 0 Å². The van der Waals surface area contributed by atoms with Gasteiger partial charge in [0.1, 0.15) is 0 Å². The van der Waals surface area contributed by atoms with Crippen molar-refractivity contribution in [3.8, 4) is 0 Å². The maximum absolute atomic E-state index is 12.7. The molecule has 0 radical (unpaired) electrons. The minimum Gasteiger partial charge on any atom is -0.394 e. The molecule has 0 aliphatic carbocycles. The van der Waals surface area contributed by atoms with E-state index in [1.165, 1.54) is 0 Å². The number of aromatic nitrogens is 1. The van der Waals surface area contributed by atoms with Crippen molar-refractivity contribution < 1.29 is 15.0 Å². The highest BCUT2D eigenvalue weighted by Gasteiger charge is 2.35. The number of amides is 1. The summed E-state index contributed by atoms with van der Waals surface area (Å²) in [4.78, 5) is 14.3. The highest BCUT2D eigenvalue weighted by Crippen LogP contribution is 2.25. The molecule has 0 aromatic carbocycles. The number of likely N-dealkylation sites (tertiary alicyclic amines) is 1. The second-order valence-electron chi connectivity index (χ2n) is 5.93. The van der Waals surface area contributed by atoms with Crippen LogP contribution in [0, 0.1) is 13.8 Å². The smallest absolute Gasteiger partial charge is 0.256 e. The number of β-amino-alcohol motifs (C(OH)–C–C–N with tert-alkyl or cyclic N) is 1. The van der Waals surface area contributed by atoms with Gasteiger partial charge in [0.05, 0.1) is 24.3 Å². The predicted octanol–water partition coefficient (Wildman–Crippen LogP) is 1.25. The first-order valence-corrected chi connectivity index (χ1v) is 7.15. The lowest BCUT2D eigenvalue weighted by Gasteiger charge is -2.23. The summed E-state index contributed by atoms with van der Waals surface area (Å²) in [5, 5.41) is 19.1. The Hall–Kier alpha value is -1.33. The Balaban J connectivity index is 2.32. The molecule has 2 heterocycles. The van der Waals surface area contributed by atoms with Gasteiger partial charge in [-0.15, -0.1) is 0 Å². The molecule has 1 aromatic rings. The number of carbonyl (C=O) groups is 1. The molecule has 1 aliphatic heterocycles. The van der Waals surface area contributed by atoms with Gasteiger partial charge in [0.2, 0.25) is 0 Å². The fourth-order valence-corrected chi connectivity index (χ4v) is 3.26. The molecule has 1 saturated heterocycles. The number of hydrogen-bond donors (Lipinski definition) is 2. The topological polar surface area (TPSA) is 65.7 Å². The summed E-state index contributed by atoms with van der Waals surface area (Å²) in [6.07, 6.45) is -0.0878. The molecule has 0 saturated carbocycles. The number of aliphatic hydroxyl groups excluding tert-OH is 2. The number of carbonyl (C=O) groups excluding carboxylic acids is 1. The minimum atomic E-state index is -0.537.